The average molecular weight is 555 g/mol. The maximum Gasteiger partial charge on any atom is 0.339 e. The summed E-state index contributed by atoms with van der Waals surface area (Å²) in [5, 5.41) is 1.45. The van der Waals surface area contributed by atoms with E-state index in [-0.39, 0.29) is 12.5 Å². The summed E-state index contributed by atoms with van der Waals surface area (Å²) in [6.45, 7) is 4.49. The summed E-state index contributed by atoms with van der Waals surface area (Å²) in [6.07, 6.45) is 0.753. The van der Waals surface area contributed by atoms with Crippen LogP contribution in [0.25, 0.3) is 10.9 Å². The zero-order chi connectivity index (χ0) is 27.5. The van der Waals surface area contributed by atoms with E-state index in [1.54, 1.807) is 4.90 Å². The van der Waals surface area contributed by atoms with Crippen molar-refractivity contribution in [3.63, 3.8) is 0 Å². The van der Waals surface area contributed by atoms with Gasteiger partial charge in [0.25, 0.3) is 5.91 Å². The highest BCUT2D eigenvalue weighted by molar-refractivity contribution is 6.30. The Kier molecular flexibility index (Phi) is 7.66. The van der Waals surface area contributed by atoms with Gasteiger partial charge in [-0.25, -0.2) is 4.79 Å². The number of ether oxygens (including phenoxy) is 1. The molecule has 3 heterocycles. The lowest BCUT2D eigenvalue weighted by molar-refractivity contribution is -0.134. The lowest BCUT2D eigenvalue weighted by atomic mass is 9.95. The number of nitrogens with zero attached hydrogens (tertiary/aromatic N) is 4. The second-order valence-corrected chi connectivity index (χ2v) is 10.7. The standard InChI is InChI=1S/C32H31ClN4O3/c33-24-9-6-10-25(19-24)36-15-17-37(18-16-36)30(38)22-40-32(39)31-26-11-4-5-12-28(26)34-29-13-14-35(21-27(29)31)20-23-7-2-1-3-8-23/h1-12,19H,13-18,20-22H2. The number of hydrogen-bond acceptors (Lipinski definition) is 6. The van der Waals surface area contributed by atoms with Crippen LogP contribution in [0.3, 0.4) is 0 Å². The minimum absolute atomic E-state index is 0.183. The molecule has 0 N–H and O–H groups in total. The smallest absolute Gasteiger partial charge is 0.339 e. The van der Waals surface area contributed by atoms with Crippen molar-refractivity contribution in [2.24, 2.45) is 0 Å². The first-order chi connectivity index (χ1) is 19.5. The fourth-order valence-corrected chi connectivity index (χ4v) is 5.82. The van der Waals surface area contributed by atoms with Crippen molar-refractivity contribution in [2.45, 2.75) is 19.5 Å². The number of anilines is 1. The first kappa shape index (κ1) is 26.3. The molecular formula is C32H31ClN4O3. The van der Waals surface area contributed by atoms with Crippen LogP contribution in [-0.2, 0) is 29.0 Å². The molecule has 2 aliphatic heterocycles. The van der Waals surface area contributed by atoms with E-state index >= 15 is 0 Å². The normalized spacial score (nSPS) is 15.6. The summed E-state index contributed by atoms with van der Waals surface area (Å²) in [7, 11) is 0. The number of para-hydroxylation sites is 1. The Hall–Kier alpha value is -3.94. The highest BCUT2D eigenvalue weighted by Crippen LogP contribution is 2.29. The van der Waals surface area contributed by atoms with E-state index in [2.05, 4.69) is 21.9 Å². The van der Waals surface area contributed by atoms with Crippen LogP contribution in [0.2, 0.25) is 5.02 Å². The van der Waals surface area contributed by atoms with E-state index in [9.17, 15) is 9.59 Å². The van der Waals surface area contributed by atoms with Gasteiger partial charge in [-0.3, -0.25) is 14.7 Å². The van der Waals surface area contributed by atoms with Gasteiger partial charge < -0.3 is 14.5 Å². The zero-order valence-electron chi connectivity index (χ0n) is 22.3. The van der Waals surface area contributed by atoms with Gasteiger partial charge in [-0.15, -0.1) is 0 Å². The number of carbonyl (C=O) groups is 2. The molecule has 2 aliphatic rings. The highest BCUT2D eigenvalue weighted by atomic mass is 35.5. The molecule has 8 heteroatoms. The summed E-state index contributed by atoms with van der Waals surface area (Å²) < 4.78 is 5.69. The second kappa shape index (κ2) is 11.7. The number of rotatable bonds is 6. The third-order valence-corrected chi connectivity index (χ3v) is 7.95. The maximum atomic E-state index is 13.6. The molecule has 0 atom stereocenters. The third-order valence-electron chi connectivity index (χ3n) is 7.71. The van der Waals surface area contributed by atoms with Crippen LogP contribution in [0.1, 0.15) is 27.2 Å². The topological polar surface area (TPSA) is 66.0 Å². The number of hydrogen-bond donors (Lipinski definition) is 0. The van der Waals surface area contributed by atoms with Crippen LogP contribution in [-0.4, -0.2) is 66.0 Å². The fraction of sp³-hybridized carbons (Fsp3) is 0.281. The Labute approximate surface area is 238 Å². The summed E-state index contributed by atoms with van der Waals surface area (Å²) in [5.74, 6) is -0.653. The Morgan fingerprint density at radius 3 is 2.45 bits per heavy atom. The molecule has 1 fully saturated rings. The largest absolute Gasteiger partial charge is 0.452 e. The molecule has 6 rings (SSSR count). The molecule has 0 aliphatic carbocycles. The van der Waals surface area contributed by atoms with E-state index in [0.717, 1.165) is 47.4 Å². The molecule has 0 radical (unpaired) electrons. The van der Waals surface area contributed by atoms with Crippen molar-refractivity contribution in [3.05, 3.63) is 106 Å². The van der Waals surface area contributed by atoms with E-state index < -0.39 is 5.97 Å². The highest BCUT2D eigenvalue weighted by Gasteiger charge is 2.28. The van der Waals surface area contributed by atoms with Gasteiger partial charge in [0, 0.05) is 79.6 Å². The molecule has 3 aromatic carbocycles. The minimum Gasteiger partial charge on any atom is -0.452 e. The molecule has 0 spiro atoms. The third kappa shape index (κ3) is 5.67. The predicted octanol–water partition coefficient (Wildman–Crippen LogP) is 4.95. The minimum atomic E-state index is -0.470. The Bertz CT molecular complexity index is 1540. The lowest BCUT2D eigenvalue weighted by Gasteiger charge is -2.36. The monoisotopic (exact) mass is 554 g/mol. The van der Waals surface area contributed by atoms with Gasteiger partial charge in [-0.05, 0) is 29.8 Å². The molecule has 0 unspecified atom stereocenters. The van der Waals surface area contributed by atoms with Gasteiger partial charge >= 0.3 is 5.97 Å². The molecule has 4 aromatic rings. The van der Waals surface area contributed by atoms with Crippen molar-refractivity contribution in [1.29, 1.82) is 0 Å². The zero-order valence-corrected chi connectivity index (χ0v) is 23.0. The summed E-state index contributed by atoms with van der Waals surface area (Å²) in [5.41, 5.74) is 5.39. The van der Waals surface area contributed by atoms with Crippen LogP contribution in [0.4, 0.5) is 5.69 Å². The van der Waals surface area contributed by atoms with Gasteiger partial charge in [0.1, 0.15) is 0 Å². The van der Waals surface area contributed by atoms with Crippen LogP contribution in [0.5, 0.6) is 0 Å². The van der Waals surface area contributed by atoms with Crippen molar-refractivity contribution in [3.8, 4) is 0 Å². The van der Waals surface area contributed by atoms with Gasteiger partial charge in [-0.2, -0.15) is 0 Å². The van der Waals surface area contributed by atoms with Crippen LogP contribution in [0.15, 0.2) is 78.9 Å². The number of pyridine rings is 1. The van der Waals surface area contributed by atoms with E-state index in [4.69, 9.17) is 21.3 Å². The number of halogens is 1. The van der Waals surface area contributed by atoms with Gasteiger partial charge in [-0.1, -0.05) is 66.2 Å². The molecule has 1 amide bonds. The van der Waals surface area contributed by atoms with Crippen molar-refractivity contribution >= 4 is 40.1 Å². The number of aromatic nitrogens is 1. The van der Waals surface area contributed by atoms with Crippen molar-refractivity contribution in [2.75, 3.05) is 44.2 Å². The predicted molar refractivity (Wildman–Crippen MR) is 157 cm³/mol. The first-order valence-corrected chi connectivity index (χ1v) is 14.0. The summed E-state index contributed by atoms with van der Waals surface area (Å²) in [4.78, 5) is 37.8. The molecular weight excluding hydrogens is 524 g/mol. The number of fused-ring (bicyclic) bond motifs is 2. The van der Waals surface area contributed by atoms with Gasteiger partial charge in [0.2, 0.25) is 0 Å². The fourth-order valence-electron chi connectivity index (χ4n) is 5.63. The van der Waals surface area contributed by atoms with Crippen molar-refractivity contribution < 1.29 is 14.3 Å². The Morgan fingerprint density at radius 1 is 0.875 bits per heavy atom. The van der Waals surface area contributed by atoms with Gasteiger partial charge in [0.05, 0.1) is 11.1 Å². The molecule has 204 valence electrons. The molecule has 0 bridgehead atoms. The lowest BCUT2D eigenvalue weighted by Crippen LogP contribution is -2.50. The quantitative estimate of drug-likeness (QED) is 0.314. The Morgan fingerprint density at radius 2 is 1.65 bits per heavy atom. The van der Waals surface area contributed by atoms with E-state index in [1.807, 2.05) is 66.7 Å². The van der Waals surface area contributed by atoms with Crippen LogP contribution >= 0.6 is 11.6 Å². The maximum absolute atomic E-state index is 13.6. The molecule has 0 saturated carbocycles. The molecule has 40 heavy (non-hydrogen) atoms. The number of benzene rings is 3. The van der Waals surface area contributed by atoms with E-state index in [1.165, 1.54) is 5.56 Å². The Balaban J connectivity index is 1.15. The average Bonchev–Trinajstić information content (AvgIpc) is 2.99. The van der Waals surface area contributed by atoms with Crippen LogP contribution < -0.4 is 4.90 Å². The first-order valence-electron chi connectivity index (χ1n) is 13.7. The van der Waals surface area contributed by atoms with Crippen molar-refractivity contribution in [1.82, 2.24) is 14.8 Å². The molecule has 7 nitrogen and oxygen atoms in total. The molecule has 1 saturated heterocycles. The number of amides is 1. The molecule has 1 aromatic heterocycles. The SMILES string of the molecule is O=C(OCC(=O)N1CCN(c2cccc(Cl)c2)CC1)c1c2c(nc3ccccc13)CCN(Cc1ccccc1)C2. The number of piperazine rings is 1. The number of esters is 1. The van der Waals surface area contributed by atoms with Crippen LogP contribution in [0, 0.1) is 0 Å². The second-order valence-electron chi connectivity index (χ2n) is 10.3. The van der Waals surface area contributed by atoms with Gasteiger partial charge in [0.15, 0.2) is 6.61 Å². The van der Waals surface area contributed by atoms with E-state index in [0.29, 0.717) is 43.3 Å². The summed E-state index contributed by atoms with van der Waals surface area (Å²) in [6, 6.07) is 25.7. The summed E-state index contributed by atoms with van der Waals surface area (Å²) >= 11 is 6.14. The number of carbonyl (C=O) groups excluding carboxylic acids is 2.